The number of carbonyl (C=O) groups excluding carboxylic acids is 1. The van der Waals surface area contributed by atoms with E-state index in [1.807, 2.05) is 66.4 Å². The minimum Gasteiger partial charge on any atom is -0.494 e. The van der Waals surface area contributed by atoms with Crippen molar-refractivity contribution in [3.63, 3.8) is 0 Å². The van der Waals surface area contributed by atoms with Crippen LogP contribution in [0.2, 0.25) is 0 Å². The van der Waals surface area contributed by atoms with Crippen molar-refractivity contribution >= 4 is 33.4 Å². The summed E-state index contributed by atoms with van der Waals surface area (Å²) in [6, 6.07) is 39.0. The van der Waals surface area contributed by atoms with E-state index in [9.17, 15) is 19.5 Å². The van der Waals surface area contributed by atoms with Crippen LogP contribution in [0.1, 0.15) is 58.4 Å². The highest BCUT2D eigenvalue weighted by Crippen LogP contribution is 2.44. The Morgan fingerprint density at radius 2 is 1.48 bits per heavy atom. The summed E-state index contributed by atoms with van der Waals surface area (Å²) in [4.78, 5) is 49.3. The van der Waals surface area contributed by atoms with Gasteiger partial charge in [0.25, 0.3) is 11.5 Å². The molecular formula is C46H43N5O5. The molecule has 0 radical (unpaired) electrons. The number of aromatic nitrogens is 3. The molecule has 1 amide bonds. The number of nitrogens with zero attached hydrogens (tertiary/aromatic N) is 5. The number of aromatic hydroxyl groups is 1. The minimum absolute atomic E-state index is 0.0527. The first-order chi connectivity index (χ1) is 27.2. The summed E-state index contributed by atoms with van der Waals surface area (Å²) in [6.45, 7) is 4.49. The maximum absolute atomic E-state index is 14.6. The van der Waals surface area contributed by atoms with E-state index in [4.69, 9.17) is 9.73 Å². The summed E-state index contributed by atoms with van der Waals surface area (Å²) in [7, 11) is 3.48. The number of carbonyl (C=O) groups is 1. The van der Waals surface area contributed by atoms with Crippen molar-refractivity contribution in [1.29, 1.82) is 0 Å². The molecule has 282 valence electrons. The largest absolute Gasteiger partial charge is 0.494 e. The number of para-hydroxylation sites is 3. The minimum atomic E-state index is -0.714. The molecule has 0 bridgehead atoms. The second-order valence-corrected chi connectivity index (χ2v) is 14.2. The van der Waals surface area contributed by atoms with E-state index >= 15 is 0 Å². The van der Waals surface area contributed by atoms with E-state index in [1.54, 1.807) is 31.2 Å². The Hall–Kier alpha value is -6.68. The summed E-state index contributed by atoms with van der Waals surface area (Å²) < 4.78 is 10.0. The first-order valence-corrected chi connectivity index (χ1v) is 18.9. The second-order valence-electron chi connectivity index (χ2n) is 14.2. The molecule has 0 spiro atoms. The lowest BCUT2D eigenvalue weighted by Crippen LogP contribution is -2.44. The summed E-state index contributed by atoms with van der Waals surface area (Å²) >= 11 is 0. The quantitative estimate of drug-likeness (QED) is 0.148. The molecule has 7 aromatic rings. The first kappa shape index (κ1) is 36.3. The standard InChI is InChI=1S/C46H43N5O5/c1-5-56-40-22-14-13-21-39(40)51-45(54)41(44(53)49(4)46(51)55)29(2)47-28-36-32-17-9-10-19-34(32)43(52)50(26-25-30-15-7-6-8-16-30)42(36)31-23-24-38-35(27-31)33-18-11-12-20-37(33)48(38)3/h6-24,27,36,42,53H,5,25-26,28H2,1-4H3. The third kappa shape index (κ3) is 6.17. The first-order valence-electron chi connectivity index (χ1n) is 18.9. The third-order valence-corrected chi connectivity index (χ3v) is 11.1. The van der Waals surface area contributed by atoms with Gasteiger partial charge in [-0.1, -0.05) is 84.9 Å². The maximum Gasteiger partial charge on any atom is 0.338 e. The van der Waals surface area contributed by atoms with Gasteiger partial charge in [0.15, 0.2) is 0 Å². The molecule has 56 heavy (non-hydrogen) atoms. The summed E-state index contributed by atoms with van der Waals surface area (Å²) in [5.41, 5.74) is 4.80. The Balaban J connectivity index is 1.28. The fraction of sp³-hybridized carbons (Fsp3) is 0.217. The summed E-state index contributed by atoms with van der Waals surface area (Å²) in [6.07, 6.45) is 0.658. The van der Waals surface area contributed by atoms with Crippen LogP contribution in [0.3, 0.4) is 0 Å². The molecule has 1 N–H and O–H groups in total. The fourth-order valence-electron chi connectivity index (χ4n) is 8.26. The Morgan fingerprint density at radius 1 is 0.786 bits per heavy atom. The van der Waals surface area contributed by atoms with Crippen LogP contribution in [0, 0.1) is 0 Å². The highest BCUT2D eigenvalue weighted by atomic mass is 16.5. The molecule has 1 aliphatic heterocycles. The smallest absolute Gasteiger partial charge is 0.338 e. The van der Waals surface area contributed by atoms with Crippen LogP contribution < -0.4 is 16.0 Å². The zero-order valence-corrected chi connectivity index (χ0v) is 31.8. The van der Waals surface area contributed by atoms with Crippen molar-refractivity contribution in [1.82, 2.24) is 18.6 Å². The number of amides is 1. The summed E-state index contributed by atoms with van der Waals surface area (Å²) in [5.74, 6) is -0.487. The highest BCUT2D eigenvalue weighted by molar-refractivity contribution is 6.08. The van der Waals surface area contributed by atoms with E-state index in [2.05, 4.69) is 54.1 Å². The molecule has 5 aromatic carbocycles. The molecule has 0 saturated heterocycles. The Labute approximate surface area is 324 Å². The number of benzene rings is 5. The third-order valence-electron chi connectivity index (χ3n) is 11.1. The molecule has 8 rings (SSSR count). The van der Waals surface area contributed by atoms with Crippen molar-refractivity contribution in [2.45, 2.75) is 32.2 Å². The van der Waals surface area contributed by atoms with E-state index in [-0.39, 0.29) is 35.3 Å². The van der Waals surface area contributed by atoms with E-state index < -0.39 is 23.2 Å². The van der Waals surface area contributed by atoms with E-state index in [0.29, 0.717) is 30.9 Å². The van der Waals surface area contributed by atoms with Crippen LogP contribution in [0.4, 0.5) is 0 Å². The van der Waals surface area contributed by atoms with Crippen molar-refractivity contribution in [2.24, 2.45) is 19.1 Å². The van der Waals surface area contributed by atoms with Gasteiger partial charge in [-0.15, -0.1) is 0 Å². The highest BCUT2D eigenvalue weighted by Gasteiger charge is 2.40. The predicted molar refractivity (Wildman–Crippen MR) is 221 cm³/mol. The van der Waals surface area contributed by atoms with Gasteiger partial charge in [-0.05, 0) is 73.4 Å². The Kier molecular flexibility index (Phi) is 9.64. The molecule has 2 unspecified atom stereocenters. The molecule has 1 aliphatic rings. The van der Waals surface area contributed by atoms with Crippen LogP contribution >= 0.6 is 0 Å². The van der Waals surface area contributed by atoms with Gasteiger partial charge in [-0.2, -0.15) is 0 Å². The average molecular weight is 746 g/mol. The molecule has 0 saturated carbocycles. The number of aliphatic imine (C=N–C) groups is 1. The average Bonchev–Trinajstić information content (AvgIpc) is 3.51. The van der Waals surface area contributed by atoms with Gasteiger partial charge >= 0.3 is 5.69 Å². The van der Waals surface area contributed by atoms with Crippen LogP contribution in [-0.2, 0) is 20.5 Å². The van der Waals surface area contributed by atoms with Crippen molar-refractivity contribution in [2.75, 3.05) is 19.7 Å². The van der Waals surface area contributed by atoms with Gasteiger partial charge < -0.3 is 19.3 Å². The normalized spacial score (nSPS) is 15.8. The lowest BCUT2D eigenvalue weighted by molar-refractivity contribution is 0.0614. The molecule has 3 heterocycles. The molecular weight excluding hydrogens is 703 g/mol. The lowest BCUT2D eigenvalue weighted by Gasteiger charge is -2.42. The topological polar surface area (TPSA) is 111 Å². The molecule has 2 aromatic heterocycles. The number of aryl methyl sites for hydroxylation is 1. The van der Waals surface area contributed by atoms with Gasteiger partial charge in [0.2, 0.25) is 5.88 Å². The van der Waals surface area contributed by atoms with Crippen molar-refractivity contribution < 1.29 is 14.6 Å². The van der Waals surface area contributed by atoms with Crippen molar-refractivity contribution in [3.05, 3.63) is 170 Å². The molecule has 0 aliphatic carbocycles. The fourth-order valence-corrected chi connectivity index (χ4v) is 8.26. The SMILES string of the molecule is CCOc1ccccc1-n1c(=O)c(C(C)=NCC2c3ccccc3C(=O)N(CCc3ccccc3)C2c2ccc3c(c2)c2ccccc2n3C)c(O)n(C)c1=O. The molecule has 2 atom stereocenters. The van der Waals surface area contributed by atoms with E-state index in [1.165, 1.54) is 7.05 Å². The molecule has 10 heteroatoms. The molecule has 0 fully saturated rings. The second kappa shape index (κ2) is 14.9. The van der Waals surface area contributed by atoms with Crippen LogP contribution in [-0.4, -0.2) is 55.0 Å². The molecule has 10 nitrogen and oxygen atoms in total. The van der Waals surface area contributed by atoms with Gasteiger partial charge in [0.1, 0.15) is 11.3 Å². The van der Waals surface area contributed by atoms with Crippen molar-refractivity contribution in [3.8, 4) is 17.3 Å². The van der Waals surface area contributed by atoms with Gasteiger partial charge in [0.05, 0.1) is 18.3 Å². The number of hydrogen-bond acceptors (Lipinski definition) is 6. The Bertz CT molecular complexity index is 2780. The zero-order chi connectivity index (χ0) is 39.1. The van der Waals surface area contributed by atoms with Crippen LogP contribution in [0.5, 0.6) is 11.6 Å². The van der Waals surface area contributed by atoms with E-state index in [0.717, 1.165) is 47.6 Å². The van der Waals surface area contributed by atoms with Crippen LogP contribution in [0.25, 0.3) is 27.5 Å². The number of hydrogen-bond donors (Lipinski definition) is 1. The predicted octanol–water partition coefficient (Wildman–Crippen LogP) is 7.32. The number of ether oxygens (including phenoxy) is 1. The van der Waals surface area contributed by atoms with Gasteiger partial charge in [0, 0.05) is 66.2 Å². The number of fused-ring (bicyclic) bond motifs is 4. The zero-order valence-electron chi connectivity index (χ0n) is 31.8. The summed E-state index contributed by atoms with van der Waals surface area (Å²) in [5, 5.41) is 13.5. The monoisotopic (exact) mass is 745 g/mol. The lowest BCUT2D eigenvalue weighted by atomic mass is 9.79. The number of rotatable bonds is 10. The van der Waals surface area contributed by atoms with Gasteiger partial charge in [-0.3, -0.25) is 19.1 Å². The maximum atomic E-state index is 14.6. The van der Waals surface area contributed by atoms with Gasteiger partial charge in [-0.25, -0.2) is 9.36 Å². The Morgan fingerprint density at radius 3 is 2.29 bits per heavy atom. The van der Waals surface area contributed by atoms with Crippen LogP contribution in [0.15, 0.2) is 136 Å².